The quantitative estimate of drug-likeness (QED) is 0.748. The van der Waals surface area contributed by atoms with Crippen molar-refractivity contribution in [1.82, 2.24) is 4.90 Å². The molecule has 1 aromatic carbocycles. The van der Waals surface area contributed by atoms with Crippen molar-refractivity contribution < 1.29 is 9.59 Å². The van der Waals surface area contributed by atoms with Gasteiger partial charge < -0.3 is 4.90 Å². The van der Waals surface area contributed by atoms with Gasteiger partial charge in [-0.1, -0.05) is 35.9 Å². The summed E-state index contributed by atoms with van der Waals surface area (Å²) in [5.41, 5.74) is 1.80. The largest absolute Gasteiger partial charge is 0.338 e. The van der Waals surface area contributed by atoms with Gasteiger partial charge in [0.15, 0.2) is 5.78 Å². The first-order valence-electron chi connectivity index (χ1n) is 7.38. The Kier molecular flexibility index (Phi) is 5.50. The van der Waals surface area contributed by atoms with Gasteiger partial charge in [-0.25, -0.2) is 0 Å². The van der Waals surface area contributed by atoms with Crippen molar-refractivity contribution in [3.63, 3.8) is 0 Å². The number of carbonyl (C=O) groups excluding carboxylic acids is 2. The van der Waals surface area contributed by atoms with Crippen LogP contribution < -0.4 is 0 Å². The highest BCUT2D eigenvalue weighted by molar-refractivity contribution is 7.10. The molecule has 0 saturated heterocycles. The van der Waals surface area contributed by atoms with Crippen LogP contribution in [0.1, 0.15) is 46.6 Å². The SMILES string of the molecule is Cc1ccc(C(=O)CCC(=O)N(C)C(C)c2cccs2)cc1. The fourth-order valence-corrected chi connectivity index (χ4v) is 3.04. The second-order valence-electron chi connectivity index (χ2n) is 5.49. The predicted octanol–water partition coefficient (Wildman–Crippen LogP) is 4.24. The number of rotatable bonds is 6. The third kappa shape index (κ3) is 4.04. The number of amides is 1. The lowest BCUT2D eigenvalue weighted by Crippen LogP contribution is -2.29. The topological polar surface area (TPSA) is 37.4 Å². The Balaban J connectivity index is 1.89. The molecule has 2 aromatic rings. The van der Waals surface area contributed by atoms with Crippen molar-refractivity contribution in [2.75, 3.05) is 7.05 Å². The van der Waals surface area contributed by atoms with Crippen LogP contribution in [-0.2, 0) is 4.79 Å². The first-order valence-corrected chi connectivity index (χ1v) is 8.26. The Hall–Kier alpha value is -1.94. The highest BCUT2D eigenvalue weighted by Crippen LogP contribution is 2.24. The second kappa shape index (κ2) is 7.36. The van der Waals surface area contributed by atoms with Crippen molar-refractivity contribution >= 4 is 23.0 Å². The molecule has 3 nitrogen and oxygen atoms in total. The van der Waals surface area contributed by atoms with Crippen LogP contribution in [0.4, 0.5) is 0 Å². The molecule has 0 fully saturated rings. The highest BCUT2D eigenvalue weighted by atomic mass is 32.1. The molecule has 116 valence electrons. The minimum atomic E-state index is 0.00126. The van der Waals surface area contributed by atoms with E-state index in [0.717, 1.165) is 10.4 Å². The smallest absolute Gasteiger partial charge is 0.223 e. The summed E-state index contributed by atoms with van der Waals surface area (Å²) in [6.07, 6.45) is 0.502. The van der Waals surface area contributed by atoms with Gasteiger partial charge in [-0.2, -0.15) is 0 Å². The van der Waals surface area contributed by atoms with E-state index in [1.165, 1.54) is 0 Å². The van der Waals surface area contributed by atoms with Crippen LogP contribution in [0.25, 0.3) is 0 Å². The summed E-state index contributed by atoms with van der Waals surface area (Å²) in [5, 5.41) is 2.01. The maximum absolute atomic E-state index is 12.2. The van der Waals surface area contributed by atoms with E-state index in [2.05, 4.69) is 0 Å². The van der Waals surface area contributed by atoms with Crippen molar-refractivity contribution in [1.29, 1.82) is 0 Å². The minimum Gasteiger partial charge on any atom is -0.338 e. The van der Waals surface area contributed by atoms with Crippen molar-refractivity contribution in [2.45, 2.75) is 32.7 Å². The van der Waals surface area contributed by atoms with E-state index < -0.39 is 0 Å². The maximum Gasteiger partial charge on any atom is 0.223 e. The molecule has 22 heavy (non-hydrogen) atoms. The molecule has 0 aliphatic heterocycles. The van der Waals surface area contributed by atoms with E-state index in [9.17, 15) is 9.59 Å². The van der Waals surface area contributed by atoms with E-state index in [4.69, 9.17) is 0 Å². The lowest BCUT2D eigenvalue weighted by Gasteiger charge is -2.24. The second-order valence-corrected chi connectivity index (χ2v) is 6.46. The monoisotopic (exact) mass is 315 g/mol. The molecule has 0 saturated carbocycles. The molecule has 1 aromatic heterocycles. The van der Waals surface area contributed by atoms with Crippen molar-refractivity contribution in [2.24, 2.45) is 0 Å². The van der Waals surface area contributed by atoms with Gasteiger partial charge in [0.1, 0.15) is 0 Å². The Labute approximate surface area is 135 Å². The third-order valence-corrected chi connectivity index (χ3v) is 4.91. The van der Waals surface area contributed by atoms with Crippen LogP contribution in [0, 0.1) is 6.92 Å². The first-order chi connectivity index (χ1) is 10.5. The molecule has 0 radical (unpaired) electrons. The molecule has 1 unspecified atom stereocenters. The number of nitrogens with zero attached hydrogens (tertiary/aromatic N) is 1. The first kappa shape index (κ1) is 16.4. The molecule has 4 heteroatoms. The number of thiophene rings is 1. The van der Waals surface area contributed by atoms with E-state index in [-0.39, 0.29) is 30.6 Å². The van der Waals surface area contributed by atoms with Gasteiger partial charge in [-0.05, 0) is 25.3 Å². The Bertz CT molecular complexity index is 632. The molecule has 1 atom stereocenters. The van der Waals surface area contributed by atoms with Crippen LogP contribution in [0.2, 0.25) is 0 Å². The average Bonchev–Trinajstić information content (AvgIpc) is 3.05. The number of hydrogen-bond donors (Lipinski definition) is 0. The zero-order valence-corrected chi connectivity index (χ0v) is 14.0. The molecule has 0 N–H and O–H groups in total. The molecule has 0 aliphatic carbocycles. The van der Waals surface area contributed by atoms with E-state index in [1.54, 1.807) is 23.3 Å². The summed E-state index contributed by atoms with van der Waals surface area (Å²) in [6.45, 7) is 3.99. The molecular formula is C18H21NO2S. The lowest BCUT2D eigenvalue weighted by molar-refractivity contribution is -0.131. The summed E-state index contributed by atoms with van der Waals surface area (Å²) in [7, 11) is 1.79. The van der Waals surface area contributed by atoms with Gasteiger partial charge in [-0.3, -0.25) is 9.59 Å². The number of carbonyl (C=O) groups is 2. The Morgan fingerprint density at radius 3 is 2.41 bits per heavy atom. The summed E-state index contributed by atoms with van der Waals surface area (Å²) < 4.78 is 0. The van der Waals surface area contributed by atoms with Crippen LogP contribution in [0.3, 0.4) is 0 Å². The molecule has 2 rings (SSSR count). The summed E-state index contributed by atoms with van der Waals surface area (Å²) >= 11 is 1.64. The highest BCUT2D eigenvalue weighted by Gasteiger charge is 2.19. The van der Waals surface area contributed by atoms with Gasteiger partial charge in [0.2, 0.25) is 5.91 Å². The maximum atomic E-state index is 12.2. The van der Waals surface area contributed by atoms with Gasteiger partial charge in [0.05, 0.1) is 6.04 Å². The molecule has 0 aliphatic rings. The van der Waals surface area contributed by atoms with Gasteiger partial charge in [0.25, 0.3) is 0 Å². The van der Waals surface area contributed by atoms with Crippen LogP contribution >= 0.6 is 11.3 Å². The molecule has 1 heterocycles. The fourth-order valence-electron chi connectivity index (χ4n) is 2.22. The number of Topliss-reactive ketones (excluding diaryl/α,β-unsaturated/α-hetero) is 1. The summed E-state index contributed by atoms with van der Waals surface area (Å²) in [5.74, 6) is 0.0203. The average molecular weight is 315 g/mol. The standard InChI is InChI=1S/C18H21NO2S/c1-13-6-8-15(9-7-13)16(20)10-11-18(21)19(3)14(2)17-5-4-12-22-17/h4-9,12,14H,10-11H2,1-3H3. The summed E-state index contributed by atoms with van der Waals surface area (Å²) in [4.78, 5) is 27.2. The van der Waals surface area contributed by atoms with Crippen LogP contribution in [0.5, 0.6) is 0 Å². The lowest BCUT2D eigenvalue weighted by atomic mass is 10.0. The molecule has 0 spiro atoms. The Morgan fingerprint density at radius 2 is 1.82 bits per heavy atom. The fraction of sp³-hybridized carbons (Fsp3) is 0.333. The van der Waals surface area contributed by atoms with Gasteiger partial charge in [-0.15, -0.1) is 11.3 Å². The number of aryl methyl sites for hydroxylation is 1. The van der Waals surface area contributed by atoms with E-state index in [0.29, 0.717) is 5.56 Å². The normalized spacial score (nSPS) is 12.0. The van der Waals surface area contributed by atoms with Crippen LogP contribution in [-0.4, -0.2) is 23.6 Å². The number of ketones is 1. The Morgan fingerprint density at radius 1 is 1.14 bits per heavy atom. The zero-order chi connectivity index (χ0) is 16.1. The number of benzene rings is 1. The third-order valence-electron chi connectivity index (χ3n) is 3.87. The predicted molar refractivity (Wildman–Crippen MR) is 90.2 cm³/mol. The zero-order valence-electron chi connectivity index (χ0n) is 13.2. The number of hydrogen-bond acceptors (Lipinski definition) is 3. The summed E-state index contributed by atoms with van der Waals surface area (Å²) in [6, 6.07) is 11.5. The van der Waals surface area contributed by atoms with Crippen molar-refractivity contribution in [3.8, 4) is 0 Å². The van der Waals surface area contributed by atoms with E-state index in [1.807, 2.05) is 55.6 Å². The van der Waals surface area contributed by atoms with Crippen molar-refractivity contribution in [3.05, 3.63) is 57.8 Å². The van der Waals surface area contributed by atoms with Gasteiger partial charge >= 0.3 is 0 Å². The molecule has 0 bridgehead atoms. The molecular weight excluding hydrogens is 294 g/mol. The van der Waals surface area contributed by atoms with Gasteiger partial charge in [0, 0.05) is 30.3 Å². The van der Waals surface area contributed by atoms with E-state index >= 15 is 0 Å². The van der Waals surface area contributed by atoms with Crippen LogP contribution in [0.15, 0.2) is 41.8 Å². The molecule has 1 amide bonds. The minimum absolute atomic E-state index is 0.00126.